The first kappa shape index (κ1) is 74.6. The van der Waals surface area contributed by atoms with Crippen molar-refractivity contribution in [3.8, 4) is 41.4 Å². The van der Waals surface area contributed by atoms with Gasteiger partial charge in [-0.2, -0.15) is 42.6 Å². The molecular formula is C67H47Br2ClF4N18O5S2. The van der Waals surface area contributed by atoms with E-state index >= 15 is 0 Å². The first-order chi connectivity index (χ1) is 47.4. The quantitative estimate of drug-likeness (QED) is 0.0418. The van der Waals surface area contributed by atoms with Crippen LogP contribution in [0.4, 0.5) is 34.9 Å². The third-order valence-corrected chi connectivity index (χ3v) is 16.5. The number of nitrogens with two attached hydrogens (primary N) is 2. The molecule has 0 unspecified atom stereocenters. The van der Waals surface area contributed by atoms with Crippen molar-refractivity contribution < 1.29 is 38.6 Å². The summed E-state index contributed by atoms with van der Waals surface area (Å²) in [6, 6.07) is 49.2. The van der Waals surface area contributed by atoms with Crippen molar-refractivity contribution in [2.45, 2.75) is 29.1 Å². The summed E-state index contributed by atoms with van der Waals surface area (Å²) in [5.41, 5.74) is 13.9. The molecule has 2 aromatic carbocycles. The number of alkyl halides is 4. The zero-order chi connectivity index (χ0) is 71.5. The van der Waals surface area contributed by atoms with Crippen LogP contribution in [-0.4, -0.2) is 77.2 Å². The van der Waals surface area contributed by atoms with E-state index in [0.29, 0.717) is 66.4 Å². The summed E-state index contributed by atoms with van der Waals surface area (Å²) in [5, 5.41) is 38.1. The van der Waals surface area contributed by atoms with Gasteiger partial charge >= 0.3 is 15.6 Å². The number of fused-ring (bicyclic) bond motifs is 4. The van der Waals surface area contributed by atoms with Crippen molar-refractivity contribution in [1.82, 2.24) is 54.8 Å². The zero-order valence-electron chi connectivity index (χ0n) is 51.0. The van der Waals surface area contributed by atoms with Crippen LogP contribution in [0.15, 0.2) is 223 Å². The van der Waals surface area contributed by atoms with Gasteiger partial charge in [0, 0.05) is 87.4 Å². The number of aromatic nitrogens is 11. The number of nitriles is 4. The van der Waals surface area contributed by atoms with Gasteiger partial charge in [-0.3, -0.25) is 29.6 Å². The molecule has 496 valence electrons. The highest BCUT2D eigenvalue weighted by Crippen LogP contribution is 2.32. The van der Waals surface area contributed by atoms with E-state index < -0.39 is 37.3 Å². The number of halogens is 7. The van der Waals surface area contributed by atoms with Gasteiger partial charge in [0.25, 0.3) is 10.0 Å². The molecule has 11 aromatic heterocycles. The Balaban J connectivity index is 0.000000170. The van der Waals surface area contributed by atoms with Gasteiger partial charge < -0.3 is 15.7 Å². The molecule has 23 nitrogen and oxygen atoms in total. The van der Waals surface area contributed by atoms with Crippen LogP contribution >= 0.6 is 43.5 Å². The van der Waals surface area contributed by atoms with Crippen molar-refractivity contribution in [2.24, 2.45) is 0 Å². The van der Waals surface area contributed by atoms with Crippen LogP contribution in [0.1, 0.15) is 33.8 Å². The molecular weight excluding hydrogens is 1470 g/mol. The molecule has 0 radical (unpaired) electrons. The van der Waals surface area contributed by atoms with Crippen LogP contribution in [0.2, 0.25) is 5.02 Å². The van der Waals surface area contributed by atoms with Crippen LogP contribution in [0.5, 0.6) is 5.88 Å². The number of hydrogen-bond donors (Lipinski definition) is 3. The van der Waals surface area contributed by atoms with Gasteiger partial charge in [0.15, 0.2) is 0 Å². The number of rotatable bonds is 8. The first-order valence-corrected chi connectivity index (χ1v) is 33.2. The molecule has 0 aliphatic rings. The maximum absolute atomic E-state index is 13.1. The average molecular weight is 1520 g/mol. The molecule has 11 heterocycles. The molecule has 0 aliphatic carbocycles. The Hall–Kier alpha value is -11.8. The molecule has 0 atom stereocenters. The normalized spacial score (nSPS) is 10.5. The van der Waals surface area contributed by atoms with Crippen LogP contribution in [-0.2, 0) is 31.9 Å². The van der Waals surface area contributed by atoms with Gasteiger partial charge in [0.05, 0.1) is 68.9 Å². The second-order valence-corrected chi connectivity index (χ2v) is 24.4. The molecule has 0 fully saturated rings. The molecule has 0 bridgehead atoms. The van der Waals surface area contributed by atoms with E-state index in [2.05, 4.69) is 95.6 Å². The molecule has 99 heavy (non-hydrogen) atoms. The number of hydrogen-bond acceptors (Lipinski definition) is 22. The lowest BCUT2D eigenvalue weighted by Crippen LogP contribution is -2.28. The highest BCUT2D eigenvalue weighted by Gasteiger charge is 2.49. The van der Waals surface area contributed by atoms with Crippen molar-refractivity contribution in [3.63, 3.8) is 0 Å². The van der Waals surface area contributed by atoms with E-state index in [-0.39, 0.29) is 22.0 Å². The van der Waals surface area contributed by atoms with Crippen molar-refractivity contribution in [1.29, 1.82) is 21.0 Å². The second-order valence-electron chi connectivity index (χ2n) is 19.4. The summed E-state index contributed by atoms with van der Waals surface area (Å²) in [7, 11) is -9.62. The number of pyridine rings is 11. The maximum atomic E-state index is 13.1. The van der Waals surface area contributed by atoms with Gasteiger partial charge in [-0.15, -0.1) is 0 Å². The van der Waals surface area contributed by atoms with Gasteiger partial charge in [0.1, 0.15) is 62.9 Å². The first-order valence-electron chi connectivity index (χ1n) is 28.0. The smallest absolute Gasteiger partial charge is 0.384 e. The lowest BCUT2D eigenvalue weighted by molar-refractivity contribution is -0.0501. The molecule has 13 rings (SSSR count). The molecule has 0 saturated heterocycles. The predicted octanol–water partition coefficient (Wildman–Crippen LogP) is 14.1. The molecule has 32 heteroatoms. The van der Waals surface area contributed by atoms with Crippen molar-refractivity contribution in [2.75, 3.05) is 16.2 Å². The minimum Gasteiger partial charge on any atom is -0.384 e. The van der Waals surface area contributed by atoms with E-state index in [0.717, 1.165) is 68.2 Å². The Morgan fingerprint density at radius 3 is 1.62 bits per heavy atom. The monoisotopic (exact) mass is 1520 g/mol. The number of nitrogens with one attached hydrogen (secondary N) is 1. The van der Waals surface area contributed by atoms with Crippen LogP contribution in [0.3, 0.4) is 0 Å². The number of sulfonamides is 1. The minimum atomic E-state index is -5.70. The Morgan fingerprint density at radius 1 is 0.566 bits per heavy atom. The Morgan fingerprint density at radius 2 is 1.06 bits per heavy atom. The fraction of sp³-hybridized carbons (Fsp3) is 0.0597. The summed E-state index contributed by atoms with van der Waals surface area (Å²) in [4.78, 5) is 43.6. The SMILES string of the molecule is Cc1cccnc1C#N.N#CCc1cccnc1C#N.N#Cc1ncccc1CBr.Nc1cc2cccnc2c(Br)n1.Nc1cc2cccnc2cn1.O=S(=O)(Nc1cc(-c2cc3cccnc3cn2)ccc1Cl)c1ccc(F)cc1.O=S(=O)(Oc1cc2cccnc2cn1)C(F)(F)F. The molecule has 0 aliphatic heterocycles. The van der Waals surface area contributed by atoms with Crippen LogP contribution in [0, 0.1) is 58.1 Å². The summed E-state index contributed by atoms with van der Waals surface area (Å²) in [6.07, 6.45) is 16.1. The van der Waals surface area contributed by atoms with E-state index in [1.807, 2.05) is 104 Å². The largest absolute Gasteiger partial charge is 0.534 e. The van der Waals surface area contributed by atoms with E-state index in [1.54, 1.807) is 92.0 Å². The summed E-state index contributed by atoms with van der Waals surface area (Å²) in [6.45, 7) is 1.87. The van der Waals surface area contributed by atoms with Crippen molar-refractivity contribution in [3.05, 3.63) is 263 Å². The second kappa shape index (κ2) is 35.8. The van der Waals surface area contributed by atoms with E-state index in [9.17, 15) is 34.4 Å². The van der Waals surface area contributed by atoms with Crippen molar-refractivity contribution >= 4 is 125 Å². The number of benzene rings is 2. The van der Waals surface area contributed by atoms with E-state index in [1.165, 1.54) is 24.4 Å². The predicted molar refractivity (Wildman–Crippen MR) is 371 cm³/mol. The Kier molecular flexibility index (Phi) is 26.9. The number of aryl methyl sites for hydroxylation is 1. The summed E-state index contributed by atoms with van der Waals surface area (Å²) >= 11 is 12.7. The topological polar surface area (TPSA) is 379 Å². The van der Waals surface area contributed by atoms with E-state index in [4.69, 9.17) is 44.1 Å². The van der Waals surface area contributed by atoms with Gasteiger partial charge in [-0.1, -0.05) is 76.1 Å². The standard InChI is InChI=1S/C20H13ClFN3O2S.C9H5F3N2O3S.C8H6BrN3.C8H7N3.C8H5N3.C7H5BrN2.C7H6N2/c21-17-8-3-14(18-10-13-2-1-9-23-20(13)12-24-18)11-19(17)25-28(26,27)16-6-4-15(22)5-7-16;10-9(11,12)18(15,16)17-8-4-6-2-1-3-13-7(6)5-14-8;9-8-7-5(2-1-3-11-7)4-6(10)12-8;9-8-4-6-2-1-3-10-7(6)5-11-8;9-4-3-7-2-1-5-11-8(7)6-10;8-4-6-2-1-3-10-7(6)5-9;1-6-3-2-4-9-7(6)5-8/h1-12,25H;1-5H;1-4H,(H2,10,12);1-5H,(H2,9,11);1-2,5H,3H2;1-3H,4H2;2-4H,1H3. The van der Waals surface area contributed by atoms with Gasteiger partial charge in [-0.05, 0) is 131 Å². The minimum absolute atomic E-state index is 0.0646. The lowest BCUT2D eigenvalue weighted by Gasteiger charge is -2.11. The van der Waals surface area contributed by atoms with Crippen LogP contribution < -0.4 is 20.4 Å². The summed E-state index contributed by atoms with van der Waals surface area (Å²) in [5.74, 6) is -0.142. The molecule has 0 saturated carbocycles. The van der Waals surface area contributed by atoms with Gasteiger partial charge in [-0.25, -0.2) is 42.7 Å². The van der Waals surface area contributed by atoms with Gasteiger partial charge in [0.2, 0.25) is 5.88 Å². The fourth-order valence-corrected chi connectivity index (χ4v) is 10.6. The number of anilines is 3. The summed E-state index contributed by atoms with van der Waals surface area (Å²) < 4.78 is 103. The Labute approximate surface area is 584 Å². The highest BCUT2D eigenvalue weighted by molar-refractivity contribution is 9.10. The fourth-order valence-electron chi connectivity index (χ4n) is 7.95. The molecule has 0 amide bonds. The molecule has 0 spiro atoms. The molecule has 5 N–H and O–H groups in total. The maximum Gasteiger partial charge on any atom is 0.534 e. The third kappa shape index (κ3) is 21.8. The number of nitrogen functional groups attached to an aromatic ring is 2. The zero-order valence-corrected chi connectivity index (χ0v) is 56.5. The third-order valence-electron chi connectivity index (χ3n) is 12.7. The highest BCUT2D eigenvalue weighted by atomic mass is 79.9. The van der Waals surface area contributed by atoms with Crippen LogP contribution in [0.25, 0.3) is 54.9 Å². The number of nitrogens with zero attached hydrogens (tertiary/aromatic N) is 15. The average Bonchev–Trinajstić information content (AvgIpc) is 0.869. The molecule has 13 aromatic rings. The lowest BCUT2D eigenvalue weighted by atomic mass is 10.1. The Bertz CT molecular complexity index is 5400.